The molecule has 1 aliphatic rings. The molecule has 37 heavy (non-hydrogen) atoms. The van der Waals surface area contributed by atoms with E-state index in [4.69, 9.17) is 4.74 Å². The number of nitrogens with one attached hydrogen (secondary N) is 2. The Labute approximate surface area is 217 Å². The lowest BCUT2D eigenvalue weighted by atomic mass is 10.0. The van der Waals surface area contributed by atoms with Gasteiger partial charge in [0, 0.05) is 12.1 Å². The second-order valence-electron chi connectivity index (χ2n) is 9.04. The van der Waals surface area contributed by atoms with Crippen LogP contribution >= 0.6 is 0 Å². The number of carbonyl (C=O) groups excluding carboxylic acids is 3. The van der Waals surface area contributed by atoms with Gasteiger partial charge in [0.2, 0.25) is 5.91 Å². The Hall–Kier alpha value is -4.13. The Kier molecular flexibility index (Phi) is 8.92. The predicted octanol–water partition coefficient (Wildman–Crippen LogP) is 5.41. The van der Waals surface area contributed by atoms with Crippen molar-refractivity contribution in [1.82, 2.24) is 10.2 Å². The standard InChI is InChI=1S/C30H33N3O4/c1-2-37-29(35)19-16-22-10-9-15-25(20-22)32-30(36)31-21-28(34)33-26(23-11-5-3-6-12-23)17-18-27(33)24-13-7-4-8-14-24/h3-15,20,26-27H,2,16-19,21H2,1H3,(H2,31,32,36)/t26-,27+. The second kappa shape index (κ2) is 12.7. The van der Waals surface area contributed by atoms with Crippen molar-refractivity contribution in [2.24, 2.45) is 0 Å². The summed E-state index contributed by atoms with van der Waals surface area (Å²) in [5.74, 6) is -0.375. The fraction of sp³-hybridized carbons (Fsp3) is 0.300. The van der Waals surface area contributed by atoms with Crippen molar-refractivity contribution in [1.29, 1.82) is 0 Å². The molecule has 4 rings (SSSR count). The van der Waals surface area contributed by atoms with Gasteiger partial charge in [-0.05, 0) is 55.0 Å². The molecule has 7 heteroatoms. The highest BCUT2D eigenvalue weighted by Gasteiger charge is 2.38. The van der Waals surface area contributed by atoms with Crippen molar-refractivity contribution in [2.45, 2.75) is 44.7 Å². The number of esters is 1. The third-order valence-corrected chi connectivity index (χ3v) is 6.55. The molecule has 0 unspecified atom stereocenters. The molecule has 0 aliphatic carbocycles. The number of anilines is 1. The maximum atomic E-state index is 13.5. The highest BCUT2D eigenvalue weighted by molar-refractivity contribution is 5.92. The van der Waals surface area contributed by atoms with Crippen molar-refractivity contribution in [3.05, 3.63) is 102 Å². The molecule has 0 spiro atoms. The predicted molar refractivity (Wildman–Crippen MR) is 143 cm³/mol. The topological polar surface area (TPSA) is 87.7 Å². The van der Waals surface area contributed by atoms with Gasteiger partial charge in [-0.2, -0.15) is 0 Å². The maximum absolute atomic E-state index is 13.5. The first-order chi connectivity index (χ1) is 18.0. The Bertz CT molecular complexity index is 1150. The summed E-state index contributed by atoms with van der Waals surface area (Å²) in [7, 11) is 0. The molecule has 3 aromatic carbocycles. The van der Waals surface area contributed by atoms with E-state index in [0.29, 0.717) is 18.7 Å². The van der Waals surface area contributed by atoms with Gasteiger partial charge in [-0.3, -0.25) is 9.59 Å². The normalized spacial score (nSPS) is 16.7. The lowest BCUT2D eigenvalue weighted by Crippen LogP contribution is -2.42. The summed E-state index contributed by atoms with van der Waals surface area (Å²) >= 11 is 0. The first-order valence-corrected chi connectivity index (χ1v) is 12.8. The van der Waals surface area contributed by atoms with E-state index >= 15 is 0 Å². The third-order valence-electron chi connectivity index (χ3n) is 6.55. The Morgan fingerprint density at radius 2 is 1.49 bits per heavy atom. The Morgan fingerprint density at radius 1 is 0.865 bits per heavy atom. The minimum absolute atomic E-state index is 0.0418. The number of benzene rings is 3. The summed E-state index contributed by atoms with van der Waals surface area (Å²) in [6.07, 6.45) is 2.52. The molecule has 1 fully saturated rings. The van der Waals surface area contributed by atoms with Crippen molar-refractivity contribution >= 4 is 23.6 Å². The minimum atomic E-state index is -0.456. The number of urea groups is 1. The molecule has 0 saturated carbocycles. The van der Waals surface area contributed by atoms with Crippen LogP contribution in [-0.2, 0) is 20.7 Å². The highest BCUT2D eigenvalue weighted by Crippen LogP contribution is 2.43. The molecule has 0 bridgehead atoms. The van der Waals surface area contributed by atoms with E-state index in [-0.39, 0.29) is 36.9 Å². The van der Waals surface area contributed by atoms with Crippen molar-refractivity contribution < 1.29 is 19.1 Å². The highest BCUT2D eigenvalue weighted by atomic mass is 16.5. The molecular formula is C30H33N3O4. The molecular weight excluding hydrogens is 466 g/mol. The summed E-state index contributed by atoms with van der Waals surface area (Å²) in [4.78, 5) is 39.6. The second-order valence-corrected chi connectivity index (χ2v) is 9.04. The summed E-state index contributed by atoms with van der Waals surface area (Å²) in [6, 6.07) is 26.8. The van der Waals surface area contributed by atoms with Crippen LogP contribution in [0.25, 0.3) is 0 Å². The van der Waals surface area contributed by atoms with E-state index in [1.807, 2.05) is 83.8 Å². The van der Waals surface area contributed by atoms with Crippen LogP contribution < -0.4 is 10.6 Å². The summed E-state index contributed by atoms with van der Waals surface area (Å²) in [5.41, 5.74) is 3.70. The van der Waals surface area contributed by atoms with Gasteiger partial charge in [-0.1, -0.05) is 72.8 Å². The van der Waals surface area contributed by atoms with Crippen LogP contribution in [0, 0.1) is 0 Å². The summed E-state index contributed by atoms with van der Waals surface area (Å²) in [6.45, 7) is 2.02. The number of nitrogens with zero attached hydrogens (tertiary/aromatic N) is 1. The molecule has 1 heterocycles. The van der Waals surface area contributed by atoms with Crippen LogP contribution in [0.4, 0.5) is 10.5 Å². The van der Waals surface area contributed by atoms with Crippen molar-refractivity contribution in [3.63, 3.8) is 0 Å². The van der Waals surface area contributed by atoms with E-state index in [0.717, 1.165) is 29.5 Å². The lowest BCUT2D eigenvalue weighted by Gasteiger charge is -2.31. The molecule has 3 amide bonds. The number of ether oxygens (including phenoxy) is 1. The van der Waals surface area contributed by atoms with E-state index < -0.39 is 6.03 Å². The molecule has 1 saturated heterocycles. The van der Waals surface area contributed by atoms with Crippen LogP contribution in [0.2, 0.25) is 0 Å². The number of aryl methyl sites for hydroxylation is 1. The van der Waals surface area contributed by atoms with E-state index in [1.165, 1.54) is 0 Å². The maximum Gasteiger partial charge on any atom is 0.319 e. The third kappa shape index (κ3) is 6.97. The molecule has 3 aromatic rings. The Balaban J connectivity index is 1.38. The molecule has 192 valence electrons. The SMILES string of the molecule is CCOC(=O)CCc1cccc(NC(=O)NCC(=O)N2[C@@H](c3ccccc3)CC[C@H]2c2ccccc2)c1. The number of carbonyl (C=O) groups is 3. The van der Waals surface area contributed by atoms with Crippen LogP contribution in [0.5, 0.6) is 0 Å². The van der Waals surface area contributed by atoms with Gasteiger partial charge in [-0.25, -0.2) is 4.79 Å². The molecule has 7 nitrogen and oxygen atoms in total. The lowest BCUT2D eigenvalue weighted by molar-refractivity contribution is -0.143. The van der Waals surface area contributed by atoms with E-state index in [9.17, 15) is 14.4 Å². The summed E-state index contributed by atoms with van der Waals surface area (Å²) in [5, 5.41) is 5.51. The van der Waals surface area contributed by atoms with Crippen molar-refractivity contribution in [2.75, 3.05) is 18.5 Å². The van der Waals surface area contributed by atoms with Crippen molar-refractivity contribution in [3.8, 4) is 0 Å². The molecule has 2 atom stereocenters. The number of amides is 3. The molecule has 0 radical (unpaired) electrons. The minimum Gasteiger partial charge on any atom is -0.466 e. The zero-order chi connectivity index (χ0) is 26.0. The van der Waals surface area contributed by atoms with Gasteiger partial charge in [-0.15, -0.1) is 0 Å². The van der Waals surface area contributed by atoms with Crippen LogP contribution in [0.3, 0.4) is 0 Å². The zero-order valence-electron chi connectivity index (χ0n) is 21.1. The average Bonchev–Trinajstić information content (AvgIpc) is 3.37. The van der Waals surface area contributed by atoms with Gasteiger partial charge in [0.15, 0.2) is 0 Å². The monoisotopic (exact) mass is 499 g/mol. The zero-order valence-corrected chi connectivity index (χ0v) is 21.1. The summed E-state index contributed by atoms with van der Waals surface area (Å²) < 4.78 is 4.97. The number of hydrogen-bond acceptors (Lipinski definition) is 4. The molecule has 2 N–H and O–H groups in total. The van der Waals surface area contributed by atoms with Gasteiger partial charge in [0.05, 0.1) is 25.2 Å². The van der Waals surface area contributed by atoms with Crippen LogP contribution in [0.15, 0.2) is 84.9 Å². The Morgan fingerprint density at radius 3 is 2.08 bits per heavy atom. The first kappa shape index (κ1) is 25.9. The fourth-order valence-corrected chi connectivity index (χ4v) is 4.87. The van der Waals surface area contributed by atoms with Crippen LogP contribution in [-0.4, -0.2) is 36.0 Å². The quantitative estimate of drug-likeness (QED) is 0.386. The molecule has 0 aromatic heterocycles. The first-order valence-electron chi connectivity index (χ1n) is 12.8. The number of hydrogen-bond donors (Lipinski definition) is 2. The molecule has 1 aliphatic heterocycles. The van der Waals surface area contributed by atoms with Gasteiger partial charge in [0.1, 0.15) is 0 Å². The van der Waals surface area contributed by atoms with Gasteiger partial charge in [0.25, 0.3) is 0 Å². The smallest absolute Gasteiger partial charge is 0.319 e. The largest absolute Gasteiger partial charge is 0.466 e. The fourth-order valence-electron chi connectivity index (χ4n) is 4.87. The van der Waals surface area contributed by atoms with Gasteiger partial charge >= 0.3 is 12.0 Å². The number of likely N-dealkylation sites (tertiary alicyclic amines) is 1. The number of rotatable bonds is 9. The van der Waals surface area contributed by atoms with Gasteiger partial charge < -0.3 is 20.3 Å². The average molecular weight is 500 g/mol. The van der Waals surface area contributed by atoms with E-state index in [2.05, 4.69) is 10.6 Å². The van der Waals surface area contributed by atoms with E-state index in [1.54, 1.807) is 13.0 Å². The van der Waals surface area contributed by atoms with Crippen LogP contribution in [0.1, 0.15) is 55.0 Å².